The van der Waals surface area contributed by atoms with Gasteiger partial charge in [-0.05, 0) is 47.1 Å². The van der Waals surface area contributed by atoms with Crippen LogP contribution in [-0.2, 0) is 6.61 Å². The first kappa shape index (κ1) is 15.4. The van der Waals surface area contributed by atoms with E-state index >= 15 is 0 Å². The van der Waals surface area contributed by atoms with Gasteiger partial charge in [-0.3, -0.25) is 0 Å². The van der Waals surface area contributed by atoms with Crippen molar-refractivity contribution in [2.45, 2.75) is 13.5 Å². The minimum Gasteiger partial charge on any atom is -0.488 e. The van der Waals surface area contributed by atoms with E-state index in [2.05, 4.69) is 21.1 Å². The zero-order valence-electron chi connectivity index (χ0n) is 11.1. The molecule has 0 amide bonds. The molecule has 0 saturated heterocycles. The number of ether oxygens (including phenoxy) is 1. The molecule has 0 bridgehead atoms. The van der Waals surface area contributed by atoms with Crippen LogP contribution in [0, 0.1) is 11.6 Å². The molecule has 0 heterocycles. The van der Waals surface area contributed by atoms with Crippen LogP contribution in [0.25, 0.3) is 0 Å². The maximum Gasteiger partial charge on any atom is 0.137 e. The van der Waals surface area contributed by atoms with Crippen molar-refractivity contribution in [1.82, 2.24) is 0 Å². The summed E-state index contributed by atoms with van der Waals surface area (Å²) in [6, 6.07) is 8.51. The fourth-order valence-corrected chi connectivity index (χ4v) is 2.16. The first-order valence-electron chi connectivity index (χ1n) is 6.07. The molecule has 3 nitrogen and oxygen atoms in total. The van der Waals surface area contributed by atoms with Crippen molar-refractivity contribution in [2.24, 2.45) is 5.16 Å². The van der Waals surface area contributed by atoms with E-state index < -0.39 is 5.82 Å². The minimum absolute atomic E-state index is 0.0929. The molecule has 0 radical (unpaired) electrons. The highest BCUT2D eigenvalue weighted by atomic mass is 79.9. The standard InChI is InChI=1S/C15H12BrF2NO2/c1-9(19-20)12-7-11(17)5-6-14(12)21-8-10-3-2-4-13(18)15(10)16/h2-7,20H,8H2,1H3/b19-9-. The third kappa shape index (κ3) is 3.58. The second-order valence-electron chi connectivity index (χ2n) is 4.33. The Morgan fingerprint density at radius 2 is 2.05 bits per heavy atom. The number of oxime groups is 1. The maximum absolute atomic E-state index is 13.4. The van der Waals surface area contributed by atoms with Gasteiger partial charge in [0.2, 0.25) is 0 Å². The lowest BCUT2D eigenvalue weighted by atomic mass is 10.1. The molecule has 0 unspecified atom stereocenters. The number of hydrogen-bond donors (Lipinski definition) is 1. The molecule has 2 aromatic rings. The van der Waals surface area contributed by atoms with Crippen LogP contribution in [0.5, 0.6) is 5.75 Å². The van der Waals surface area contributed by atoms with E-state index in [1.54, 1.807) is 12.1 Å². The van der Waals surface area contributed by atoms with Crippen LogP contribution >= 0.6 is 15.9 Å². The molecule has 110 valence electrons. The summed E-state index contributed by atoms with van der Waals surface area (Å²) >= 11 is 3.15. The molecule has 0 fully saturated rings. The number of nitrogens with zero attached hydrogens (tertiary/aromatic N) is 1. The van der Waals surface area contributed by atoms with E-state index in [0.717, 1.165) is 0 Å². The molecule has 0 aliphatic heterocycles. The normalized spacial score (nSPS) is 11.5. The predicted octanol–water partition coefficient (Wildman–Crippen LogP) is 4.50. The summed E-state index contributed by atoms with van der Waals surface area (Å²) in [7, 11) is 0. The Kier molecular flexibility index (Phi) is 4.90. The summed E-state index contributed by atoms with van der Waals surface area (Å²) in [5.74, 6) is -0.501. The lowest BCUT2D eigenvalue weighted by molar-refractivity contribution is 0.301. The van der Waals surface area contributed by atoms with Crippen LogP contribution in [0.4, 0.5) is 8.78 Å². The van der Waals surface area contributed by atoms with Crippen LogP contribution < -0.4 is 4.74 Å². The second-order valence-corrected chi connectivity index (χ2v) is 5.12. The third-order valence-electron chi connectivity index (χ3n) is 2.90. The van der Waals surface area contributed by atoms with Gasteiger partial charge in [0.25, 0.3) is 0 Å². The van der Waals surface area contributed by atoms with Crippen LogP contribution in [0.3, 0.4) is 0 Å². The summed E-state index contributed by atoms with van der Waals surface area (Å²) in [6.45, 7) is 1.62. The van der Waals surface area contributed by atoms with E-state index in [9.17, 15) is 8.78 Å². The van der Waals surface area contributed by atoms with Crippen LogP contribution in [0.1, 0.15) is 18.1 Å². The van der Waals surface area contributed by atoms with E-state index in [-0.39, 0.29) is 18.1 Å². The Hall–Kier alpha value is -1.95. The van der Waals surface area contributed by atoms with Gasteiger partial charge in [-0.2, -0.15) is 0 Å². The minimum atomic E-state index is -0.465. The predicted molar refractivity (Wildman–Crippen MR) is 78.8 cm³/mol. The molecule has 2 aromatic carbocycles. The Balaban J connectivity index is 2.26. The number of hydrogen-bond acceptors (Lipinski definition) is 3. The highest BCUT2D eigenvalue weighted by molar-refractivity contribution is 9.10. The fourth-order valence-electron chi connectivity index (χ4n) is 1.78. The van der Waals surface area contributed by atoms with Crippen molar-refractivity contribution < 1.29 is 18.7 Å². The molecule has 0 atom stereocenters. The Morgan fingerprint density at radius 1 is 1.29 bits per heavy atom. The number of halogens is 3. The van der Waals surface area contributed by atoms with Crippen molar-refractivity contribution >= 4 is 21.6 Å². The molecule has 0 saturated carbocycles. The van der Waals surface area contributed by atoms with Crippen LogP contribution in [0.15, 0.2) is 46.0 Å². The van der Waals surface area contributed by atoms with Crippen molar-refractivity contribution in [3.05, 3.63) is 63.6 Å². The molecule has 6 heteroatoms. The summed E-state index contributed by atoms with van der Waals surface area (Å²) < 4.78 is 32.6. The Morgan fingerprint density at radius 3 is 2.76 bits per heavy atom. The molecular formula is C15H12BrF2NO2. The molecule has 21 heavy (non-hydrogen) atoms. The largest absolute Gasteiger partial charge is 0.488 e. The first-order chi connectivity index (χ1) is 10.0. The highest BCUT2D eigenvalue weighted by Gasteiger charge is 2.11. The van der Waals surface area contributed by atoms with Gasteiger partial charge in [0, 0.05) is 11.1 Å². The molecule has 0 spiro atoms. The van der Waals surface area contributed by atoms with Gasteiger partial charge in [-0.25, -0.2) is 8.78 Å². The average Bonchev–Trinajstić information content (AvgIpc) is 2.49. The lowest BCUT2D eigenvalue weighted by Crippen LogP contribution is -2.04. The third-order valence-corrected chi connectivity index (χ3v) is 3.78. The van der Waals surface area contributed by atoms with Gasteiger partial charge in [0.15, 0.2) is 0 Å². The highest BCUT2D eigenvalue weighted by Crippen LogP contribution is 2.25. The fraction of sp³-hybridized carbons (Fsp3) is 0.133. The number of rotatable bonds is 4. The molecule has 0 aliphatic carbocycles. The van der Waals surface area contributed by atoms with E-state index in [1.807, 2.05) is 0 Å². The SMILES string of the molecule is C/C(=N/O)c1cc(F)ccc1OCc1cccc(F)c1Br. The summed E-state index contributed by atoms with van der Waals surface area (Å²) in [5.41, 5.74) is 1.18. The number of benzene rings is 2. The van der Waals surface area contributed by atoms with E-state index in [4.69, 9.17) is 9.94 Å². The van der Waals surface area contributed by atoms with Gasteiger partial charge in [0.05, 0.1) is 10.2 Å². The topological polar surface area (TPSA) is 41.8 Å². The molecule has 0 aromatic heterocycles. The van der Waals surface area contributed by atoms with Gasteiger partial charge >= 0.3 is 0 Å². The van der Waals surface area contributed by atoms with Crippen LogP contribution in [-0.4, -0.2) is 10.9 Å². The van der Waals surface area contributed by atoms with Gasteiger partial charge in [-0.1, -0.05) is 17.3 Å². The molecular weight excluding hydrogens is 344 g/mol. The van der Waals surface area contributed by atoms with Gasteiger partial charge in [-0.15, -0.1) is 0 Å². The van der Waals surface area contributed by atoms with E-state index in [0.29, 0.717) is 21.3 Å². The van der Waals surface area contributed by atoms with Crippen LogP contribution in [0.2, 0.25) is 0 Å². The quantitative estimate of drug-likeness (QED) is 0.498. The Labute approximate surface area is 129 Å². The molecule has 0 aliphatic rings. The van der Waals surface area contributed by atoms with E-state index in [1.165, 1.54) is 31.2 Å². The van der Waals surface area contributed by atoms with Crippen molar-refractivity contribution in [3.8, 4) is 5.75 Å². The van der Waals surface area contributed by atoms with Gasteiger partial charge in [0.1, 0.15) is 24.0 Å². The lowest BCUT2D eigenvalue weighted by Gasteiger charge is -2.12. The zero-order chi connectivity index (χ0) is 15.4. The Bertz CT molecular complexity index is 689. The summed E-state index contributed by atoms with van der Waals surface area (Å²) in [5, 5.41) is 11.9. The molecule has 2 rings (SSSR count). The first-order valence-corrected chi connectivity index (χ1v) is 6.86. The summed E-state index contributed by atoms with van der Waals surface area (Å²) in [4.78, 5) is 0. The second kappa shape index (κ2) is 6.67. The average molecular weight is 356 g/mol. The van der Waals surface area contributed by atoms with Crippen molar-refractivity contribution in [3.63, 3.8) is 0 Å². The van der Waals surface area contributed by atoms with Crippen molar-refractivity contribution in [1.29, 1.82) is 0 Å². The van der Waals surface area contributed by atoms with Gasteiger partial charge < -0.3 is 9.94 Å². The summed E-state index contributed by atoms with van der Waals surface area (Å²) in [6.07, 6.45) is 0. The smallest absolute Gasteiger partial charge is 0.137 e. The van der Waals surface area contributed by atoms with Crippen molar-refractivity contribution in [2.75, 3.05) is 0 Å². The monoisotopic (exact) mass is 355 g/mol. The molecule has 1 N–H and O–H groups in total. The maximum atomic E-state index is 13.4. The zero-order valence-corrected chi connectivity index (χ0v) is 12.7.